The molecule has 2 rings (SSSR count). The molecule has 0 saturated heterocycles. The number of hydrogen-bond acceptors (Lipinski definition) is 5. The molecule has 5 nitrogen and oxygen atoms in total. The molecule has 0 heterocycles. The van der Waals surface area contributed by atoms with Crippen molar-refractivity contribution < 1.29 is 22.1 Å². The number of para-hydroxylation sites is 1. The van der Waals surface area contributed by atoms with Crippen molar-refractivity contribution in [2.75, 3.05) is 6.26 Å². The lowest BCUT2D eigenvalue weighted by Gasteiger charge is -2.07. The summed E-state index contributed by atoms with van der Waals surface area (Å²) in [6.07, 6.45) is 0.840. The van der Waals surface area contributed by atoms with Crippen LogP contribution in [-0.4, -0.2) is 19.6 Å². The summed E-state index contributed by atoms with van der Waals surface area (Å²) in [7, 11) is -3.83. The van der Waals surface area contributed by atoms with E-state index in [-0.39, 0.29) is 9.79 Å². The number of benzene rings is 2. The zero-order valence-corrected chi connectivity index (χ0v) is 12.7. The van der Waals surface area contributed by atoms with Crippen LogP contribution < -0.4 is 0 Å². The molecule has 0 unspecified atom stereocenters. The van der Waals surface area contributed by atoms with Crippen molar-refractivity contribution in [1.82, 2.24) is 0 Å². The fraction of sp³-hybridized carbons (Fsp3) is 0.0769. The average Bonchev–Trinajstić information content (AvgIpc) is 2.41. The van der Waals surface area contributed by atoms with Crippen LogP contribution in [0.5, 0.6) is 0 Å². The normalized spacial score (nSPS) is 11.4. The number of nitrogens with zero attached hydrogens (tertiary/aromatic N) is 1. The topological polar surface area (TPSA) is 77.3 Å². The fourth-order valence-electron chi connectivity index (χ4n) is 1.74. The zero-order chi connectivity index (χ0) is 16.5. The molecule has 0 aliphatic carbocycles. The van der Waals surface area contributed by atoms with Crippen molar-refractivity contribution in [2.45, 2.75) is 14.7 Å². The molecule has 0 spiro atoms. The van der Waals surface area contributed by atoms with Crippen molar-refractivity contribution in [1.29, 1.82) is 0 Å². The molecule has 2 aromatic rings. The molecular formula is C13H9F2NO4S2. The Kier molecular flexibility index (Phi) is 4.47. The van der Waals surface area contributed by atoms with Crippen molar-refractivity contribution in [3.05, 3.63) is 58.1 Å². The molecular weight excluding hydrogens is 336 g/mol. The Morgan fingerprint density at radius 2 is 1.82 bits per heavy atom. The van der Waals surface area contributed by atoms with E-state index in [1.54, 1.807) is 0 Å². The number of hydrogen-bond donors (Lipinski definition) is 0. The van der Waals surface area contributed by atoms with Crippen molar-refractivity contribution >= 4 is 27.3 Å². The third-order valence-electron chi connectivity index (χ3n) is 2.66. The van der Waals surface area contributed by atoms with Gasteiger partial charge in [-0.2, -0.15) is 0 Å². The minimum atomic E-state index is -3.83. The molecule has 0 aliphatic heterocycles. The maximum absolute atomic E-state index is 13.6. The molecule has 9 heteroatoms. The van der Waals surface area contributed by atoms with E-state index in [1.165, 1.54) is 12.1 Å². The van der Waals surface area contributed by atoms with E-state index in [0.29, 0.717) is 11.8 Å². The van der Waals surface area contributed by atoms with Gasteiger partial charge in [0.15, 0.2) is 9.84 Å². The van der Waals surface area contributed by atoms with Crippen molar-refractivity contribution in [3.8, 4) is 0 Å². The molecule has 0 bridgehead atoms. The minimum absolute atomic E-state index is 0.0857. The maximum atomic E-state index is 13.6. The summed E-state index contributed by atoms with van der Waals surface area (Å²) < 4.78 is 50.1. The molecule has 0 radical (unpaired) electrons. The van der Waals surface area contributed by atoms with Gasteiger partial charge in [0.2, 0.25) is 0 Å². The summed E-state index contributed by atoms with van der Waals surface area (Å²) in [5.74, 6) is -1.46. The monoisotopic (exact) mass is 345 g/mol. The van der Waals surface area contributed by atoms with Gasteiger partial charge in [0.05, 0.1) is 14.7 Å². The summed E-state index contributed by atoms with van der Waals surface area (Å²) in [5, 5.41) is 11.2. The average molecular weight is 345 g/mol. The lowest BCUT2D eigenvalue weighted by Crippen LogP contribution is -2.03. The molecule has 0 amide bonds. The fourth-order valence-corrected chi connectivity index (χ4v) is 3.67. The van der Waals surface area contributed by atoms with Crippen molar-refractivity contribution in [3.63, 3.8) is 0 Å². The van der Waals surface area contributed by atoms with E-state index < -0.39 is 37.0 Å². The summed E-state index contributed by atoms with van der Waals surface area (Å²) >= 11 is 0.592. The molecule has 0 N–H and O–H groups in total. The summed E-state index contributed by atoms with van der Waals surface area (Å²) in [6, 6.07) is 6.38. The van der Waals surface area contributed by atoms with Crippen LogP contribution in [0, 0.1) is 21.7 Å². The Balaban J connectivity index is 2.61. The van der Waals surface area contributed by atoms with Gasteiger partial charge in [-0.15, -0.1) is 0 Å². The van der Waals surface area contributed by atoms with Crippen LogP contribution in [0.3, 0.4) is 0 Å². The Morgan fingerprint density at radius 3 is 2.41 bits per heavy atom. The second kappa shape index (κ2) is 6.01. The van der Waals surface area contributed by atoms with E-state index in [2.05, 4.69) is 0 Å². The lowest BCUT2D eigenvalue weighted by molar-refractivity contribution is -0.390. The van der Waals surface area contributed by atoms with Gasteiger partial charge in [-0.25, -0.2) is 17.2 Å². The number of sulfone groups is 1. The van der Waals surface area contributed by atoms with Crippen LogP contribution in [0.4, 0.5) is 14.5 Å². The molecule has 0 aromatic heterocycles. The second-order valence-corrected chi connectivity index (χ2v) is 7.38. The van der Waals surface area contributed by atoms with Crippen LogP contribution in [0.25, 0.3) is 0 Å². The van der Waals surface area contributed by atoms with Crippen LogP contribution in [0.15, 0.2) is 51.1 Å². The van der Waals surface area contributed by atoms with Gasteiger partial charge in [-0.3, -0.25) is 10.1 Å². The van der Waals surface area contributed by atoms with E-state index in [1.807, 2.05) is 0 Å². The van der Waals surface area contributed by atoms with Crippen LogP contribution >= 0.6 is 11.8 Å². The smallest absolute Gasteiger partial charge is 0.258 e. The Labute approximate surface area is 129 Å². The number of rotatable bonds is 4. The first-order chi connectivity index (χ1) is 10.2. The number of nitro benzene ring substituents is 1. The highest BCUT2D eigenvalue weighted by atomic mass is 32.2. The van der Waals surface area contributed by atoms with Gasteiger partial charge in [0.25, 0.3) is 0 Å². The van der Waals surface area contributed by atoms with E-state index in [4.69, 9.17) is 0 Å². The molecule has 2 aromatic carbocycles. The molecule has 116 valence electrons. The molecule has 22 heavy (non-hydrogen) atoms. The molecule has 0 atom stereocenters. The highest BCUT2D eigenvalue weighted by molar-refractivity contribution is 7.99. The number of halogens is 2. The highest BCUT2D eigenvalue weighted by Gasteiger charge is 2.27. The second-order valence-electron chi connectivity index (χ2n) is 4.31. The Morgan fingerprint density at radius 1 is 1.14 bits per heavy atom. The summed E-state index contributed by atoms with van der Waals surface area (Å²) in [4.78, 5) is 9.61. The van der Waals surface area contributed by atoms with E-state index >= 15 is 0 Å². The third-order valence-corrected chi connectivity index (χ3v) is 4.87. The van der Waals surface area contributed by atoms with Gasteiger partial charge in [-0.05, 0) is 30.3 Å². The van der Waals surface area contributed by atoms with Gasteiger partial charge in [0.1, 0.15) is 16.5 Å². The lowest BCUT2D eigenvalue weighted by atomic mass is 10.3. The SMILES string of the molecule is CS(=O)(=O)c1cccc(Sc2cc(F)ccc2F)c1[N+](=O)[O-]. The van der Waals surface area contributed by atoms with Crippen LogP contribution in [0.2, 0.25) is 0 Å². The standard InChI is InChI=1S/C13H9F2NO4S2/c1-22(19,20)12-4-2-3-10(13(12)16(17)18)21-11-7-8(14)5-6-9(11)15/h2-7H,1H3. The highest BCUT2D eigenvalue weighted by Crippen LogP contribution is 2.39. The largest absolute Gasteiger partial charge is 0.301 e. The van der Waals surface area contributed by atoms with Gasteiger partial charge in [0, 0.05) is 6.26 Å². The van der Waals surface area contributed by atoms with Gasteiger partial charge < -0.3 is 0 Å². The third kappa shape index (κ3) is 3.42. The van der Waals surface area contributed by atoms with Gasteiger partial charge >= 0.3 is 5.69 Å². The van der Waals surface area contributed by atoms with E-state index in [0.717, 1.165) is 30.5 Å². The van der Waals surface area contributed by atoms with Gasteiger partial charge in [-0.1, -0.05) is 17.8 Å². The molecule has 0 saturated carbocycles. The predicted octanol–water partition coefficient (Wildman–Crippen LogP) is 3.43. The first-order valence-corrected chi connectivity index (χ1v) is 8.51. The maximum Gasteiger partial charge on any atom is 0.301 e. The van der Waals surface area contributed by atoms with E-state index in [9.17, 15) is 27.3 Å². The zero-order valence-electron chi connectivity index (χ0n) is 11.1. The van der Waals surface area contributed by atoms with Crippen LogP contribution in [0.1, 0.15) is 0 Å². The van der Waals surface area contributed by atoms with Crippen LogP contribution in [-0.2, 0) is 9.84 Å². The molecule has 0 fully saturated rings. The summed E-state index contributed by atoms with van der Waals surface area (Å²) in [6.45, 7) is 0. The quantitative estimate of drug-likeness (QED) is 0.627. The summed E-state index contributed by atoms with van der Waals surface area (Å²) in [5.41, 5.74) is -0.654. The van der Waals surface area contributed by atoms with Crippen molar-refractivity contribution in [2.24, 2.45) is 0 Å². The first-order valence-electron chi connectivity index (χ1n) is 5.80. The Bertz CT molecular complexity index is 853. The first kappa shape index (κ1) is 16.4. The molecule has 0 aliphatic rings. The Hall–Kier alpha value is -2.00. The number of nitro groups is 1. The predicted molar refractivity (Wildman–Crippen MR) is 76.7 cm³/mol. The minimum Gasteiger partial charge on any atom is -0.258 e.